The van der Waals surface area contributed by atoms with E-state index in [2.05, 4.69) is 101 Å². The molecule has 0 saturated carbocycles. The van der Waals surface area contributed by atoms with E-state index in [1.165, 1.54) is 38.2 Å². The fraction of sp³-hybridized carbons (Fsp3) is 0.435. The quantitative estimate of drug-likeness (QED) is 0.0622. The van der Waals surface area contributed by atoms with Gasteiger partial charge in [0.2, 0.25) is 0 Å². The van der Waals surface area contributed by atoms with Crippen molar-refractivity contribution in [2.75, 3.05) is 0 Å². The van der Waals surface area contributed by atoms with Gasteiger partial charge in [0.25, 0.3) is 0 Å². The van der Waals surface area contributed by atoms with Crippen LogP contribution in [0.5, 0.6) is 0 Å². The number of aromatic nitrogens is 2. The Bertz CT molecular complexity index is 2010. The molecule has 5 aromatic rings. The third-order valence-corrected chi connectivity index (χ3v) is 12.1. The molecule has 0 fully saturated rings. The van der Waals surface area contributed by atoms with E-state index < -0.39 is 0 Å². The molecule has 0 saturated heterocycles. The number of allylic oxidation sites excluding steroid dienone is 2. The van der Waals surface area contributed by atoms with E-state index in [1.54, 1.807) is 0 Å². The fourth-order valence-corrected chi connectivity index (χ4v) is 7.49. The maximum Gasteiger partial charge on any atom is 0.164 e. The van der Waals surface area contributed by atoms with Crippen molar-refractivity contribution in [1.82, 2.24) is 4.98 Å². The molecule has 1 N–H and O–H groups in total. The molecule has 0 spiro atoms. The second-order valence-electron chi connectivity index (χ2n) is 16.0. The molecule has 0 aliphatic rings. The van der Waals surface area contributed by atoms with Crippen LogP contribution < -0.4 is 4.57 Å². The SMILES string of the molecule is CCC(C)(CC)C(=O)/C=C(\O)C(C)(CC)CC.[CH2-][n+]1ccc(-c2cncc3c(CC(C)C)csc23)cc1-c1[c-]c2ccccc2c(C(C)(C)C)c1.[Ir]. The molecule has 0 aliphatic heterocycles. The van der Waals surface area contributed by atoms with E-state index in [9.17, 15) is 9.90 Å². The van der Waals surface area contributed by atoms with Gasteiger partial charge in [0.05, 0.1) is 6.20 Å². The van der Waals surface area contributed by atoms with Gasteiger partial charge in [-0.25, -0.2) is 0 Å². The summed E-state index contributed by atoms with van der Waals surface area (Å²) in [6, 6.07) is 18.9. The van der Waals surface area contributed by atoms with Gasteiger partial charge < -0.3 is 9.67 Å². The number of nitrogens with zero attached hydrogens (tertiary/aromatic N) is 2. The third-order valence-electron chi connectivity index (χ3n) is 11.0. The van der Waals surface area contributed by atoms with Crippen LogP contribution in [0.15, 0.2) is 78.3 Å². The topological polar surface area (TPSA) is 54.1 Å². The number of carbonyl (C=O) groups excluding carboxylic acids is 1. The standard InChI is InChI=1S/C31H31N2S.C15H28O2.Ir/c1-20(2)13-24-19-34-30-26(17-32-18-27(24)30)22-11-12-33(6)29(16-22)23-14-21-9-7-8-10-25(21)28(15-23)31(3,4)5;1-7-14(5,8-2)12(16)11-13(17)15(6,9-3)10-4;/h7-12,15-20H,6,13H2,1-5H3;11,16H,7-10H2,1-6H3;/q-1;;/b;12-11-;. The summed E-state index contributed by atoms with van der Waals surface area (Å²) in [5, 5.41) is 16.1. The van der Waals surface area contributed by atoms with Crippen LogP contribution in [0.1, 0.15) is 113 Å². The van der Waals surface area contributed by atoms with E-state index in [1.807, 2.05) is 76.0 Å². The van der Waals surface area contributed by atoms with E-state index in [0.29, 0.717) is 5.92 Å². The number of ketones is 1. The summed E-state index contributed by atoms with van der Waals surface area (Å²) < 4.78 is 3.25. The molecule has 2 aromatic carbocycles. The van der Waals surface area contributed by atoms with Crippen LogP contribution in [0.3, 0.4) is 0 Å². The van der Waals surface area contributed by atoms with E-state index in [-0.39, 0.29) is 47.9 Å². The number of carbonyl (C=O) groups is 1. The Balaban J connectivity index is 0.000000347. The van der Waals surface area contributed by atoms with Gasteiger partial charge in [-0.3, -0.25) is 9.78 Å². The average molecular weight is 896 g/mol. The van der Waals surface area contributed by atoms with E-state index in [0.717, 1.165) is 54.3 Å². The van der Waals surface area contributed by atoms with Crippen LogP contribution >= 0.6 is 11.3 Å². The molecule has 6 heteroatoms. The monoisotopic (exact) mass is 896 g/mol. The Kier molecular flexibility index (Phi) is 14.6. The molecule has 3 heterocycles. The van der Waals surface area contributed by atoms with Gasteiger partial charge in [0, 0.05) is 72.1 Å². The Hall–Kier alpha value is -3.31. The minimum Gasteiger partial charge on any atom is -0.512 e. The molecule has 0 aliphatic carbocycles. The molecule has 0 amide bonds. The van der Waals surface area contributed by atoms with Gasteiger partial charge >= 0.3 is 0 Å². The Morgan fingerprint density at radius 1 is 0.942 bits per heavy atom. The van der Waals surface area contributed by atoms with Crippen LogP contribution in [0, 0.1) is 29.9 Å². The largest absolute Gasteiger partial charge is 0.512 e. The van der Waals surface area contributed by atoms with Crippen molar-refractivity contribution in [3.63, 3.8) is 0 Å². The molecule has 1 radical (unpaired) electrons. The zero-order valence-corrected chi connectivity index (χ0v) is 36.5. The summed E-state index contributed by atoms with van der Waals surface area (Å²) in [6.07, 6.45) is 11.9. The van der Waals surface area contributed by atoms with E-state index in [4.69, 9.17) is 0 Å². The first-order valence-corrected chi connectivity index (χ1v) is 19.5. The number of pyridine rings is 2. The Morgan fingerprint density at radius 3 is 2.17 bits per heavy atom. The summed E-state index contributed by atoms with van der Waals surface area (Å²) in [6.45, 7) is 23.4. The molecule has 281 valence electrons. The van der Waals surface area contributed by atoms with Crippen molar-refractivity contribution in [2.45, 2.75) is 114 Å². The molecular weight excluding hydrogens is 837 g/mol. The van der Waals surface area contributed by atoms with Gasteiger partial charge in [-0.2, -0.15) is 0 Å². The van der Waals surface area contributed by atoms with Gasteiger partial charge in [-0.1, -0.05) is 105 Å². The second kappa shape index (κ2) is 17.7. The normalized spacial score (nSPS) is 12.5. The predicted molar refractivity (Wildman–Crippen MR) is 218 cm³/mol. The molecule has 3 aromatic heterocycles. The zero-order chi connectivity index (χ0) is 37.7. The van der Waals surface area contributed by atoms with Gasteiger partial charge in [0.15, 0.2) is 5.78 Å². The van der Waals surface area contributed by atoms with Crippen molar-refractivity contribution in [3.05, 3.63) is 103 Å². The zero-order valence-electron chi connectivity index (χ0n) is 33.2. The molecule has 0 unspecified atom stereocenters. The van der Waals surface area contributed by atoms with Crippen molar-refractivity contribution in [2.24, 2.45) is 16.7 Å². The smallest absolute Gasteiger partial charge is 0.164 e. The van der Waals surface area contributed by atoms with Crippen LogP contribution in [-0.2, 0) is 36.7 Å². The minimum absolute atomic E-state index is 0. The van der Waals surface area contributed by atoms with Crippen molar-refractivity contribution >= 4 is 38.0 Å². The number of rotatable bonds is 11. The summed E-state index contributed by atoms with van der Waals surface area (Å²) in [4.78, 5) is 16.8. The first-order chi connectivity index (χ1) is 24.0. The van der Waals surface area contributed by atoms with Crippen LogP contribution in [0.25, 0.3) is 43.2 Å². The summed E-state index contributed by atoms with van der Waals surface area (Å²) >= 11 is 1.82. The molecule has 52 heavy (non-hydrogen) atoms. The van der Waals surface area contributed by atoms with Gasteiger partial charge in [-0.05, 0) is 72.1 Å². The third kappa shape index (κ3) is 9.43. The maximum absolute atomic E-state index is 12.2. The number of hydrogen-bond donors (Lipinski definition) is 1. The van der Waals surface area contributed by atoms with Crippen LogP contribution in [0.4, 0.5) is 0 Å². The second-order valence-corrected chi connectivity index (χ2v) is 16.9. The van der Waals surface area contributed by atoms with Crippen molar-refractivity contribution < 1.29 is 34.6 Å². The van der Waals surface area contributed by atoms with Gasteiger partial charge in [-0.15, -0.1) is 40.5 Å². The number of aliphatic hydroxyl groups excluding tert-OH is 1. The number of aliphatic hydroxyl groups is 1. The minimum atomic E-state index is -0.337. The maximum atomic E-state index is 12.2. The molecular formula is C46H59IrN2O2S-. The Morgan fingerprint density at radius 2 is 1.58 bits per heavy atom. The fourth-order valence-electron chi connectivity index (χ4n) is 6.40. The van der Waals surface area contributed by atoms with Gasteiger partial charge in [0.1, 0.15) is 11.5 Å². The summed E-state index contributed by atoms with van der Waals surface area (Å²) in [7, 11) is 4.29. The number of hydrogen-bond acceptors (Lipinski definition) is 4. The first-order valence-electron chi connectivity index (χ1n) is 18.6. The molecule has 0 bridgehead atoms. The number of fused-ring (bicyclic) bond motifs is 2. The van der Waals surface area contributed by atoms with Crippen molar-refractivity contribution in [1.29, 1.82) is 0 Å². The average Bonchev–Trinajstić information content (AvgIpc) is 3.52. The Labute approximate surface area is 331 Å². The number of benzene rings is 2. The van der Waals surface area contributed by atoms with Crippen LogP contribution in [0.2, 0.25) is 0 Å². The number of thiophene rings is 1. The summed E-state index contributed by atoms with van der Waals surface area (Å²) in [5.41, 5.74) is 6.58. The molecule has 5 rings (SSSR count). The van der Waals surface area contributed by atoms with Crippen molar-refractivity contribution in [3.8, 4) is 22.4 Å². The first kappa shape index (κ1) is 43.1. The molecule has 4 nitrogen and oxygen atoms in total. The molecule has 0 atom stereocenters. The van der Waals surface area contributed by atoms with E-state index >= 15 is 0 Å². The van der Waals surface area contributed by atoms with Crippen LogP contribution in [-0.4, -0.2) is 15.9 Å². The summed E-state index contributed by atoms with van der Waals surface area (Å²) in [5.74, 6) is 0.907. The predicted octanol–water partition coefficient (Wildman–Crippen LogP) is 12.7.